The third kappa shape index (κ3) is 4.12. The third-order valence-corrected chi connectivity index (χ3v) is 3.88. The van der Waals surface area contributed by atoms with Crippen molar-refractivity contribution in [3.8, 4) is 11.5 Å². The van der Waals surface area contributed by atoms with Crippen molar-refractivity contribution in [3.63, 3.8) is 0 Å². The van der Waals surface area contributed by atoms with Gasteiger partial charge < -0.3 is 20.1 Å². The van der Waals surface area contributed by atoms with E-state index in [4.69, 9.17) is 21.1 Å². The molecule has 0 radical (unpaired) electrons. The molecule has 0 aliphatic heterocycles. The Morgan fingerprint density at radius 2 is 1.73 bits per heavy atom. The second kappa shape index (κ2) is 7.88. The first-order valence-corrected chi connectivity index (χ1v) is 8.19. The molecule has 134 valence electrons. The van der Waals surface area contributed by atoms with Crippen LogP contribution >= 0.6 is 11.6 Å². The van der Waals surface area contributed by atoms with Crippen LogP contribution in [0.4, 0.5) is 23.1 Å². The van der Waals surface area contributed by atoms with Gasteiger partial charge in [0.05, 0.1) is 31.1 Å². The number of aromatic nitrogens is 3. The molecule has 7 nitrogen and oxygen atoms in total. The number of halogens is 1. The Morgan fingerprint density at radius 1 is 0.962 bits per heavy atom. The van der Waals surface area contributed by atoms with Crippen LogP contribution in [-0.2, 0) is 0 Å². The van der Waals surface area contributed by atoms with Gasteiger partial charge >= 0.3 is 0 Å². The molecule has 1 heterocycles. The molecular formula is C18H18ClN5O2. The molecule has 0 saturated carbocycles. The number of anilines is 4. The molecule has 0 spiro atoms. The average Bonchev–Trinajstić information content (AvgIpc) is 2.62. The molecule has 26 heavy (non-hydrogen) atoms. The van der Waals surface area contributed by atoms with Gasteiger partial charge in [0, 0.05) is 5.69 Å². The number of hydrogen-bond acceptors (Lipinski definition) is 7. The SMILES string of the molecule is COc1ccc(Nc2nncc(Nc3cc(C)ccc3OC)n2)cc1Cl. The van der Waals surface area contributed by atoms with E-state index in [2.05, 4.69) is 25.8 Å². The van der Waals surface area contributed by atoms with Crippen LogP contribution in [0, 0.1) is 6.92 Å². The molecule has 0 aliphatic rings. The van der Waals surface area contributed by atoms with E-state index in [-0.39, 0.29) is 0 Å². The Labute approximate surface area is 156 Å². The molecule has 0 atom stereocenters. The maximum atomic E-state index is 6.13. The number of methoxy groups -OCH3 is 2. The van der Waals surface area contributed by atoms with E-state index < -0.39 is 0 Å². The highest BCUT2D eigenvalue weighted by molar-refractivity contribution is 6.32. The average molecular weight is 372 g/mol. The molecular weight excluding hydrogens is 354 g/mol. The summed E-state index contributed by atoms with van der Waals surface area (Å²) in [6.45, 7) is 2.00. The minimum Gasteiger partial charge on any atom is -0.495 e. The lowest BCUT2D eigenvalue weighted by atomic mass is 10.2. The minimum atomic E-state index is 0.336. The Hall–Kier alpha value is -3.06. The van der Waals surface area contributed by atoms with Gasteiger partial charge in [0.2, 0.25) is 5.95 Å². The molecule has 3 aromatic rings. The summed E-state index contributed by atoms with van der Waals surface area (Å²) in [4.78, 5) is 4.41. The normalized spacial score (nSPS) is 10.3. The highest BCUT2D eigenvalue weighted by Crippen LogP contribution is 2.29. The number of nitrogens with one attached hydrogen (secondary N) is 2. The predicted octanol–water partition coefficient (Wildman–Crippen LogP) is 4.34. The van der Waals surface area contributed by atoms with E-state index in [9.17, 15) is 0 Å². The van der Waals surface area contributed by atoms with Gasteiger partial charge in [-0.3, -0.25) is 0 Å². The lowest BCUT2D eigenvalue weighted by molar-refractivity contribution is 0.415. The summed E-state index contributed by atoms with van der Waals surface area (Å²) in [7, 11) is 3.19. The first-order valence-electron chi connectivity index (χ1n) is 7.81. The number of benzene rings is 2. The maximum absolute atomic E-state index is 6.13. The third-order valence-electron chi connectivity index (χ3n) is 3.58. The second-order valence-electron chi connectivity index (χ2n) is 5.47. The molecule has 1 aromatic heterocycles. The van der Waals surface area contributed by atoms with E-state index in [0.29, 0.717) is 28.3 Å². The summed E-state index contributed by atoms with van der Waals surface area (Å²) in [5.74, 6) is 2.18. The minimum absolute atomic E-state index is 0.336. The summed E-state index contributed by atoms with van der Waals surface area (Å²) in [6.07, 6.45) is 1.54. The lowest BCUT2D eigenvalue weighted by Gasteiger charge is -2.12. The van der Waals surface area contributed by atoms with Crippen LogP contribution in [0.3, 0.4) is 0 Å². The molecule has 0 aliphatic carbocycles. The van der Waals surface area contributed by atoms with Crippen LogP contribution in [-0.4, -0.2) is 29.4 Å². The first-order chi connectivity index (χ1) is 12.6. The smallest absolute Gasteiger partial charge is 0.249 e. The molecule has 0 unspecified atom stereocenters. The number of hydrogen-bond donors (Lipinski definition) is 2. The lowest BCUT2D eigenvalue weighted by Crippen LogP contribution is -2.03. The second-order valence-corrected chi connectivity index (χ2v) is 5.88. The fraction of sp³-hybridized carbons (Fsp3) is 0.167. The Morgan fingerprint density at radius 3 is 2.46 bits per heavy atom. The van der Waals surface area contributed by atoms with Crippen molar-refractivity contribution in [2.45, 2.75) is 6.92 Å². The van der Waals surface area contributed by atoms with Gasteiger partial charge in [-0.15, -0.1) is 5.10 Å². The largest absolute Gasteiger partial charge is 0.495 e. The summed E-state index contributed by atoms with van der Waals surface area (Å²) in [5.41, 5.74) is 2.62. The molecule has 0 saturated heterocycles. The Kier molecular flexibility index (Phi) is 5.38. The van der Waals surface area contributed by atoms with Gasteiger partial charge in [-0.2, -0.15) is 10.1 Å². The van der Waals surface area contributed by atoms with Gasteiger partial charge in [0.25, 0.3) is 0 Å². The van der Waals surface area contributed by atoms with Crippen LogP contribution in [0.5, 0.6) is 11.5 Å². The van der Waals surface area contributed by atoms with Crippen molar-refractivity contribution in [1.82, 2.24) is 15.2 Å². The van der Waals surface area contributed by atoms with Crippen LogP contribution in [0.25, 0.3) is 0 Å². The molecule has 0 fully saturated rings. The topological polar surface area (TPSA) is 81.2 Å². The number of ether oxygens (including phenoxy) is 2. The van der Waals surface area contributed by atoms with Crippen molar-refractivity contribution in [2.24, 2.45) is 0 Å². The molecule has 2 N–H and O–H groups in total. The highest BCUT2D eigenvalue weighted by atomic mass is 35.5. The van der Waals surface area contributed by atoms with E-state index in [0.717, 1.165) is 16.9 Å². The summed E-state index contributed by atoms with van der Waals surface area (Å²) >= 11 is 6.13. The summed E-state index contributed by atoms with van der Waals surface area (Å²) < 4.78 is 10.5. The maximum Gasteiger partial charge on any atom is 0.249 e. The van der Waals surface area contributed by atoms with E-state index in [1.807, 2.05) is 31.2 Å². The summed E-state index contributed by atoms with van der Waals surface area (Å²) in [5, 5.41) is 14.7. The van der Waals surface area contributed by atoms with Gasteiger partial charge in [-0.05, 0) is 42.8 Å². The Bertz CT molecular complexity index is 920. The van der Waals surface area contributed by atoms with Crippen molar-refractivity contribution in [2.75, 3.05) is 24.9 Å². The van der Waals surface area contributed by atoms with Crippen LogP contribution in [0.15, 0.2) is 42.6 Å². The van der Waals surface area contributed by atoms with Gasteiger partial charge in [0.15, 0.2) is 5.82 Å². The van der Waals surface area contributed by atoms with E-state index in [1.54, 1.807) is 26.4 Å². The van der Waals surface area contributed by atoms with Crippen LogP contribution in [0.2, 0.25) is 5.02 Å². The molecule has 3 rings (SSSR count). The van der Waals surface area contributed by atoms with Gasteiger partial charge in [-0.1, -0.05) is 17.7 Å². The zero-order chi connectivity index (χ0) is 18.5. The Balaban J connectivity index is 1.80. The molecule has 2 aromatic carbocycles. The molecule has 0 amide bonds. The quantitative estimate of drug-likeness (QED) is 0.667. The van der Waals surface area contributed by atoms with Gasteiger partial charge in [-0.25, -0.2) is 0 Å². The van der Waals surface area contributed by atoms with Crippen molar-refractivity contribution in [3.05, 3.63) is 53.2 Å². The number of rotatable bonds is 6. The monoisotopic (exact) mass is 371 g/mol. The molecule has 8 heteroatoms. The summed E-state index contributed by atoms with van der Waals surface area (Å²) in [6, 6.07) is 11.1. The highest BCUT2D eigenvalue weighted by Gasteiger charge is 2.08. The van der Waals surface area contributed by atoms with E-state index >= 15 is 0 Å². The number of nitrogens with zero attached hydrogens (tertiary/aromatic N) is 3. The fourth-order valence-electron chi connectivity index (χ4n) is 2.35. The predicted molar refractivity (Wildman–Crippen MR) is 102 cm³/mol. The number of aryl methyl sites for hydroxylation is 1. The van der Waals surface area contributed by atoms with Crippen molar-refractivity contribution >= 4 is 34.7 Å². The van der Waals surface area contributed by atoms with Gasteiger partial charge in [0.1, 0.15) is 11.5 Å². The standard InChI is InChI=1S/C18H18ClN5O2/c1-11-4-6-16(26-3)14(8-11)22-17-10-20-24-18(23-17)21-12-5-7-15(25-2)13(19)9-12/h4-10H,1-3H3,(H2,21,22,23,24). The fourth-order valence-corrected chi connectivity index (χ4v) is 2.61. The molecule has 0 bridgehead atoms. The zero-order valence-corrected chi connectivity index (χ0v) is 15.3. The van der Waals surface area contributed by atoms with Crippen molar-refractivity contribution < 1.29 is 9.47 Å². The van der Waals surface area contributed by atoms with E-state index in [1.165, 1.54) is 6.20 Å². The first kappa shape index (κ1) is 17.8. The van der Waals surface area contributed by atoms with Crippen LogP contribution in [0.1, 0.15) is 5.56 Å². The van der Waals surface area contributed by atoms with Crippen molar-refractivity contribution in [1.29, 1.82) is 0 Å². The zero-order valence-electron chi connectivity index (χ0n) is 14.6. The van der Waals surface area contributed by atoms with Crippen LogP contribution < -0.4 is 20.1 Å².